The number of carboxylic acid groups (broad SMARTS) is 1. The van der Waals surface area contributed by atoms with Crippen molar-refractivity contribution in [3.63, 3.8) is 0 Å². The second-order valence-corrected chi connectivity index (χ2v) is 5.36. The summed E-state index contributed by atoms with van der Waals surface area (Å²) < 4.78 is 25.5. The molecular formula is C10H14N2O4S. The van der Waals surface area contributed by atoms with Gasteiger partial charge in [-0.05, 0) is 18.6 Å². The van der Waals surface area contributed by atoms with Crippen molar-refractivity contribution in [2.75, 3.05) is 10.5 Å². The summed E-state index contributed by atoms with van der Waals surface area (Å²) >= 11 is 0. The normalized spacial score (nSPS) is 13.0. The lowest BCUT2D eigenvalue weighted by Crippen LogP contribution is -2.33. The predicted molar refractivity (Wildman–Crippen MR) is 64.1 cm³/mol. The van der Waals surface area contributed by atoms with E-state index in [4.69, 9.17) is 10.8 Å². The first-order valence-electron chi connectivity index (χ1n) is 4.94. The van der Waals surface area contributed by atoms with Crippen LogP contribution in [0.1, 0.15) is 6.42 Å². The Bertz CT molecular complexity index is 472. The Morgan fingerprint density at radius 3 is 2.47 bits per heavy atom. The van der Waals surface area contributed by atoms with Crippen molar-refractivity contribution in [1.29, 1.82) is 0 Å². The molecule has 17 heavy (non-hydrogen) atoms. The zero-order valence-electron chi connectivity index (χ0n) is 9.04. The fourth-order valence-electron chi connectivity index (χ4n) is 1.14. The van der Waals surface area contributed by atoms with Gasteiger partial charge in [0.25, 0.3) is 0 Å². The molecule has 0 heterocycles. The molecule has 0 aliphatic rings. The predicted octanol–water partition coefficient (Wildman–Crippen LogP) is 0.230. The van der Waals surface area contributed by atoms with Crippen LogP contribution in [0.15, 0.2) is 30.3 Å². The maximum absolute atomic E-state index is 11.6. The lowest BCUT2D eigenvalue weighted by atomic mass is 10.2. The number of sulfonamides is 1. The van der Waals surface area contributed by atoms with Crippen molar-refractivity contribution >= 4 is 21.7 Å². The topological polar surface area (TPSA) is 109 Å². The number of carboxylic acids is 1. The minimum Gasteiger partial charge on any atom is -0.480 e. The molecule has 1 aromatic rings. The highest BCUT2D eigenvalue weighted by atomic mass is 32.2. The number of aliphatic carboxylic acids is 1. The maximum atomic E-state index is 11.6. The summed E-state index contributed by atoms with van der Waals surface area (Å²) in [7, 11) is -3.56. The van der Waals surface area contributed by atoms with Crippen LogP contribution in [-0.2, 0) is 14.8 Å². The van der Waals surface area contributed by atoms with Gasteiger partial charge in [0.1, 0.15) is 6.04 Å². The molecule has 0 fully saturated rings. The van der Waals surface area contributed by atoms with E-state index in [1.54, 1.807) is 30.3 Å². The van der Waals surface area contributed by atoms with Gasteiger partial charge in [-0.1, -0.05) is 18.2 Å². The third-order valence-electron chi connectivity index (χ3n) is 2.06. The van der Waals surface area contributed by atoms with E-state index in [9.17, 15) is 13.2 Å². The van der Waals surface area contributed by atoms with E-state index in [0.29, 0.717) is 5.69 Å². The molecule has 1 aromatic carbocycles. The SMILES string of the molecule is NC(CCS(=O)(=O)Nc1ccccc1)C(=O)O. The van der Waals surface area contributed by atoms with E-state index in [1.807, 2.05) is 0 Å². The largest absolute Gasteiger partial charge is 0.480 e. The van der Waals surface area contributed by atoms with Gasteiger partial charge in [0.2, 0.25) is 10.0 Å². The van der Waals surface area contributed by atoms with E-state index in [0.717, 1.165) is 0 Å². The Labute approximate surface area is 99.5 Å². The third kappa shape index (κ3) is 4.83. The molecule has 1 unspecified atom stereocenters. The maximum Gasteiger partial charge on any atom is 0.320 e. The Hall–Kier alpha value is -1.60. The first kappa shape index (κ1) is 13.5. The fraction of sp³-hybridized carbons (Fsp3) is 0.300. The monoisotopic (exact) mass is 258 g/mol. The number of carbonyl (C=O) groups is 1. The lowest BCUT2D eigenvalue weighted by molar-refractivity contribution is -0.138. The third-order valence-corrected chi connectivity index (χ3v) is 3.38. The molecular weight excluding hydrogens is 244 g/mol. The zero-order chi connectivity index (χ0) is 12.9. The smallest absolute Gasteiger partial charge is 0.320 e. The lowest BCUT2D eigenvalue weighted by Gasteiger charge is -2.09. The molecule has 4 N–H and O–H groups in total. The minimum absolute atomic E-state index is 0.127. The van der Waals surface area contributed by atoms with Crippen LogP contribution in [0.2, 0.25) is 0 Å². The molecule has 1 atom stereocenters. The molecule has 0 saturated carbocycles. The van der Waals surface area contributed by atoms with Gasteiger partial charge >= 0.3 is 5.97 Å². The van der Waals surface area contributed by atoms with Crippen LogP contribution < -0.4 is 10.5 Å². The van der Waals surface area contributed by atoms with Crippen LogP contribution >= 0.6 is 0 Å². The summed E-state index contributed by atoms with van der Waals surface area (Å²) in [5.74, 6) is -1.53. The van der Waals surface area contributed by atoms with Crippen molar-refractivity contribution in [1.82, 2.24) is 0 Å². The number of nitrogens with one attached hydrogen (secondary N) is 1. The molecule has 1 rings (SSSR count). The number of hydrogen-bond acceptors (Lipinski definition) is 4. The van der Waals surface area contributed by atoms with Crippen LogP contribution in [0.4, 0.5) is 5.69 Å². The van der Waals surface area contributed by atoms with E-state index < -0.39 is 22.0 Å². The second kappa shape index (κ2) is 5.65. The van der Waals surface area contributed by atoms with Crippen molar-refractivity contribution in [3.8, 4) is 0 Å². The molecule has 94 valence electrons. The van der Waals surface area contributed by atoms with Gasteiger partial charge < -0.3 is 10.8 Å². The molecule has 0 saturated heterocycles. The molecule has 7 heteroatoms. The van der Waals surface area contributed by atoms with Gasteiger partial charge in [0.05, 0.1) is 5.75 Å². The van der Waals surface area contributed by atoms with E-state index in [2.05, 4.69) is 4.72 Å². The number of rotatable bonds is 6. The molecule has 0 aliphatic carbocycles. The van der Waals surface area contributed by atoms with Gasteiger partial charge in [-0.15, -0.1) is 0 Å². The summed E-state index contributed by atoms with van der Waals surface area (Å²) in [6.07, 6.45) is -0.127. The summed E-state index contributed by atoms with van der Waals surface area (Å²) in [6.45, 7) is 0. The highest BCUT2D eigenvalue weighted by Gasteiger charge is 2.17. The van der Waals surface area contributed by atoms with Gasteiger partial charge in [-0.25, -0.2) is 8.42 Å². The van der Waals surface area contributed by atoms with E-state index >= 15 is 0 Å². The van der Waals surface area contributed by atoms with Crippen LogP contribution in [0.25, 0.3) is 0 Å². The van der Waals surface area contributed by atoms with Crippen LogP contribution in [0, 0.1) is 0 Å². The average Bonchev–Trinajstić information content (AvgIpc) is 2.26. The van der Waals surface area contributed by atoms with E-state index in [1.165, 1.54) is 0 Å². The van der Waals surface area contributed by atoms with Crippen molar-refractivity contribution in [2.45, 2.75) is 12.5 Å². The zero-order valence-corrected chi connectivity index (χ0v) is 9.85. The molecule has 0 spiro atoms. The highest BCUT2D eigenvalue weighted by molar-refractivity contribution is 7.92. The standard InChI is InChI=1S/C10H14N2O4S/c11-9(10(13)14)6-7-17(15,16)12-8-4-2-1-3-5-8/h1-5,9,12H,6-7,11H2,(H,13,14). The van der Waals surface area contributed by atoms with Gasteiger partial charge in [-0.2, -0.15) is 0 Å². The number of anilines is 1. The van der Waals surface area contributed by atoms with E-state index in [-0.39, 0.29) is 12.2 Å². The summed E-state index contributed by atoms with van der Waals surface area (Å²) in [5.41, 5.74) is 5.67. The van der Waals surface area contributed by atoms with Crippen LogP contribution in [0.5, 0.6) is 0 Å². The average molecular weight is 258 g/mol. The summed E-state index contributed by atoms with van der Waals surface area (Å²) in [5, 5.41) is 8.53. The summed E-state index contributed by atoms with van der Waals surface area (Å²) in [4.78, 5) is 10.4. The minimum atomic E-state index is -3.56. The quantitative estimate of drug-likeness (QED) is 0.676. The van der Waals surface area contributed by atoms with Gasteiger partial charge in [0.15, 0.2) is 0 Å². The van der Waals surface area contributed by atoms with Crippen LogP contribution in [0.3, 0.4) is 0 Å². The van der Waals surface area contributed by atoms with Gasteiger partial charge in [-0.3, -0.25) is 9.52 Å². The number of para-hydroxylation sites is 1. The Balaban J connectivity index is 2.56. The Morgan fingerprint density at radius 1 is 1.35 bits per heavy atom. The first-order valence-corrected chi connectivity index (χ1v) is 6.60. The second-order valence-electron chi connectivity index (χ2n) is 3.52. The molecule has 6 nitrogen and oxygen atoms in total. The Kier molecular flexibility index (Phi) is 4.47. The first-order chi connectivity index (χ1) is 7.91. The number of hydrogen-bond donors (Lipinski definition) is 3. The number of nitrogens with two attached hydrogens (primary N) is 1. The molecule has 0 aliphatic heterocycles. The highest BCUT2D eigenvalue weighted by Crippen LogP contribution is 2.08. The summed E-state index contributed by atoms with van der Waals surface area (Å²) in [6, 6.07) is 7.20. The molecule has 0 bridgehead atoms. The van der Waals surface area contributed by atoms with Gasteiger partial charge in [0, 0.05) is 5.69 Å². The molecule has 0 amide bonds. The molecule has 0 radical (unpaired) electrons. The van der Waals surface area contributed by atoms with Crippen molar-refractivity contribution < 1.29 is 18.3 Å². The Morgan fingerprint density at radius 2 is 1.94 bits per heavy atom. The molecule has 0 aromatic heterocycles. The van der Waals surface area contributed by atoms with Crippen molar-refractivity contribution in [3.05, 3.63) is 30.3 Å². The fourth-order valence-corrected chi connectivity index (χ4v) is 2.30. The van der Waals surface area contributed by atoms with Crippen LogP contribution in [-0.4, -0.2) is 31.3 Å². The number of benzene rings is 1. The van der Waals surface area contributed by atoms with Crippen molar-refractivity contribution in [2.24, 2.45) is 5.73 Å².